The Morgan fingerprint density at radius 3 is 2.63 bits per heavy atom. The normalized spacial score (nSPS) is 19.2. The predicted octanol–water partition coefficient (Wildman–Crippen LogP) is 1.43. The van der Waals surface area contributed by atoms with Crippen LogP contribution in [0.5, 0.6) is 0 Å². The number of nitrogens with zero attached hydrogens (tertiary/aromatic N) is 3. The summed E-state index contributed by atoms with van der Waals surface area (Å²) in [5, 5.41) is 4.41. The van der Waals surface area contributed by atoms with Crippen molar-refractivity contribution in [2.24, 2.45) is 0 Å². The first-order chi connectivity index (χ1) is 12.8. The molecule has 2 aromatic heterocycles. The highest BCUT2D eigenvalue weighted by Gasteiger charge is 2.32. The van der Waals surface area contributed by atoms with E-state index in [1.165, 1.54) is 17.2 Å². The Kier molecular flexibility index (Phi) is 4.27. The minimum absolute atomic E-state index is 0.0605. The molecule has 0 amide bonds. The van der Waals surface area contributed by atoms with Crippen LogP contribution in [0.15, 0.2) is 53.9 Å². The summed E-state index contributed by atoms with van der Waals surface area (Å²) in [4.78, 5) is 6.28. The Morgan fingerprint density at radius 2 is 2.00 bits per heavy atom. The fourth-order valence-corrected chi connectivity index (χ4v) is 5.69. The summed E-state index contributed by atoms with van der Waals surface area (Å²) in [6.07, 6.45) is 2.85. The quantitative estimate of drug-likeness (QED) is 0.659. The summed E-state index contributed by atoms with van der Waals surface area (Å²) in [5.74, 6) is 0.206. The van der Waals surface area contributed by atoms with Crippen LogP contribution in [-0.2, 0) is 19.9 Å². The highest BCUT2D eigenvalue weighted by molar-refractivity contribution is 7.92. The van der Waals surface area contributed by atoms with E-state index in [0.29, 0.717) is 12.1 Å². The van der Waals surface area contributed by atoms with E-state index < -0.39 is 25.9 Å². The van der Waals surface area contributed by atoms with Crippen LogP contribution in [-0.4, -0.2) is 48.1 Å². The van der Waals surface area contributed by atoms with Crippen LogP contribution in [0.2, 0.25) is 0 Å². The monoisotopic (exact) mass is 407 g/mol. The molecule has 1 aliphatic rings. The van der Waals surface area contributed by atoms with Crippen molar-refractivity contribution in [1.82, 2.24) is 19.7 Å². The Bertz CT molecular complexity index is 1150. The third-order valence-electron chi connectivity index (χ3n) is 4.36. The number of anilines is 1. The van der Waals surface area contributed by atoms with E-state index in [-0.39, 0.29) is 22.3 Å². The van der Waals surface area contributed by atoms with Gasteiger partial charge < -0.3 is 4.98 Å². The minimum atomic E-state index is -3.90. The number of hydrogen-bond donors (Lipinski definition) is 2. The first-order valence-electron chi connectivity index (χ1n) is 8.21. The van der Waals surface area contributed by atoms with Crippen LogP contribution in [0.25, 0.3) is 11.3 Å². The maximum absolute atomic E-state index is 12.6. The lowest BCUT2D eigenvalue weighted by molar-refractivity contribution is 0.507. The van der Waals surface area contributed by atoms with Crippen LogP contribution in [0.3, 0.4) is 0 Å². The molecule has 27 heavy (non-hydrogen) atoms. The number of hydrogen-bond acceptors (Lipinski definition) is 6. The van der Waals surface area contributed by atoms with E-state index >= 15 is 0 Å². The van der Waals surface area contributed by atoms with Crippen molar-refractivity contribution in [3.63, 3.8) is 0 Å². The molecule has 0 radical (unpaired) electrons. The van der Waals surface area contributed by atoms with Crippen molar-refractivity contribution in [2.75, 3.05) is 16.2 Å². The molecule has 1 aliphatic heterocycles. The van der Waals surface area contributed by atoms with E-state index in [2.05, 4.69) is 19.8 Å². The van der Waals surface area contributed by atoms with Gasteiger partial charge in [-0.25, -0.2) is 18.1 Å². The third-order valence-corrected chi connectivity index (χ3v) is 7.39. The summed E-state index contributed by atoms with van der Waals surface area (Å²) in [6.45, 7) is 0. The van der Waals surface area contributed by atoms with Gasteiger partial charge in [-0.2, -0.15) is 13.5 Å². The number of imidazole rings is 1. The van der Waals surface area contributed by atoms with E-state index in [1.807, 2.05) is 30.3 Å². The number of aromatic amines is 1. The number of sulfonamides is 1. The van der Waals surface area contributed by atoms with Crippen molar-refractivity contribution in [1.29, 1.82) is 0 Å². The summed E-state index contributed by atoms with van der Waals surface area (Å²) in [5.41, 5.74) is 1.36. The first-order valence-corrected chi connectivity index (χ1v) is 11.5. The number of sulfone groups is 1. The SMILES string of the molecule is O=S1(=O)CCC(n2nc(-c3ccccc3)cc2NS(=O)(=O)c2cnc[nH]2)C1. The molecule has 1 atom stereocenters. The summed E-state index contributed by atoms with van der Waals surface area (Å²) in [7, 11) is -7.05. The van der Waals surface area contributed by atoms with Crippen LogP contribution in [0.1, 0.15) is 12.5 Å². The Balaban J connectivity index is 1.76. The van der Waals surface area contributed by atoms with Crippen molar-refractivity contribution in [2.45, 2.75) is 17.5 Å². The first kappa shape index (κ1) is 17.7. The Morgan fingerprint density at radius 1 is 1.22 bits per heavy atom. The maximum Gasteiger partial charge on any atom is 0.280 e. The molecule has 3 heterocycles. The molecule has 4 rings (SSSR count). The van der Waals surface area contributed by atoms with Crippen LogP contribution in [0.4, 0.5) is 5.82 Å². The molecule has 0 aliphatic carbocycles. The molecule has 11 heteroatoms. The summed E-state index contributed by atoms with van der Waals surface area (Å²) in [6, 6.07) is 10.5. The molecular formula is C16H17N5O4S2. The smallest absolute Gasteiger partial charge is 0.280 e. The molecule has 9 nitrogen and oxygen atoms in total. The fraction of sp³-hybridized carbons (Fsp3) is 0.250. The maximum atomic E-state index is 12.6. The average Bonchev–Trinajstić information content (AvgIpc) is 3.35. The minimum Gasteiger partial charge on any atom is -0.334 e. The van der Waals surface area contributed by atoms with Gasteiger partial charge >= 0.3 is 0 Å². The Labute approximate surface area is 156 Å². The van der Waals surface area contributed by atoms with Gasteiger partial charge in [0.15, 0.2) is 14.9 Å². The predicted molar refractivity (Wildman–Crippen MR) is 99.4 cm³/mol. The largest absolute Gasteiger partial charge is 0.334 e. The van der Waals surface area contributed by atoms with E-state index in [4.69, 9.17) is 0 Å². The number of rotatable bonds is 5. The van der Waals surface area contributed by atoms with Gasteiger partial charge in [0.05, 0.1) is 35.8 Å². The van der Waals surface area contributed by atoms with Crippen LogP contribution < -0.4 is 4.72 Å². The summed E-state index contributed by atoms with van der Waals surface area (Å²) < 4.78 is 52.8. The van der Waals surface area contributed by atoms with Crippen molar-refractivity contribution >= 4 is 25.7 Å². The lowest BCUT2D eigenvalue weighted by Crippen LogP contribution is -2.20. The third kappa shape index (κ3) is 3.60. The molecule has 3 aromatic rings. The summed E-state index contributed by atoms with van der Waals surface area (Å²) >= 11 is 0. The molecule has 142 valence electrons. The van der Waals surface area contributed by atoms with Gasteiger partial charge in [-0.15, -0.1) is 0 Å². The second-order valence-corrected chi connectivity index (χ2v) is 10.2. The lowest BCUT2D eigenvalue weighted by atomic mass is 10.2. The van der Waals surface area contributed by atoms with Crippen LogP contribution >= 0.6 is 0 Å². The van der Waals surface area contributed by atoms with Crippen molar-refractivity contribution in [3.8, 4) is 11.3 Å². The van der Waals surface area contributed by atoms with E-state index in [0.717, 1.165) is 5.56 Å². The number of nitrogens with one attached hydrogen (secondary N) is 2. The van der Waals surface area contributed by atoms with Gasteiger partial charge in [-0.3, -0.25) is 4.72 Å². The molecule has 0 saturated carbocycles. The topological polar surface area (TPSA) is 127 Å². The van der Waals surface area contributed by atoms with Gasteiger partial charge in [0.1, 0.15) is 5.82 Å². The zero-order valence-corrected chi connectivity index (χ0v) is 15.7. The van der Waals surface area contributed by atoms with Crippen LogP contribution in [0, 0.1) is 0 Å². The zero-order chi connectivity index (χ0) is 19.1. The second-order valence-electron chi connectivity index (χ2n) is 6.30. The van der Waals surface area contributed by atoms with E-state index in [1.54, 1.807) is 6.07 Å². The standard InChI is InChI=1S/C16H17N5O4S2/c22-26(23)7-6-13(10-26)21-15(20-27(24,25)16-9-17-11-18-16)8-14(19-21)12-4-2-1-3-5-12/h1-5,8-9,11,13,20H,6-7,10H2,(H,17,18). The van der Waals surface area contributed by atoms with E-state index in [9.17, 15) is 16.8 Å². The molecule has 0 bridgehead atoms. The molecular weight excluding hydrogens is 390 g/mol. The number of H-pyrrole nitrogens is 1. The Hall–Kier alpha value is -2.66. The number of benzene rings is 1. The lowest BCUT2D eigenvalue weighted by Gasteiger charge is -2.14. The molecule has 2 N–H and O–H groups in total. The van der Waals surface area contributed by atoms with Gasteiger partial charge in [0.25, 0.3) is 10.0 Å². The molecule has 1 aromatic carbocycles. The molecule has 0 spiro atoms. The molecule has 1 fully saturated rings. The molecule has 1 unspecified atom stereocenters. The van der Waals surface area contributed by atoms with Gasteiger partial charge in [0, 0.05) is 11.6 Å². The highest BCUT2D eigenvalue weighted by atomic mass is 32.2. The van der Waals surface area contributed by atoms with Gasteiger partial charge in [0.2, 0.25) is 0 Å². The van der Waals surface area contributed by atoms with Gasteiger partial charge in [-0.05, 0) is 6.42 Å². The molecule has 1 saturated heterocycles. The van der Waals surface area contributed by atoms with Crippen molar-refractivity contribution < 1.29 is 16.8 Å². The fourth-order valence-electron chi connectivity index (χ4n) is 3.05. The zero-order valence-electron chi connectivity index (χ0n) is 14.1. The average molecular weight is 407 g/mol. The van der Waals surface area contributed by atoms with Gasteiger partial charge in [-0.1, -0.05) is 30.3 Å². The highest BCUT2D eigenvalue weighted by Crippen LogP contribution is 2.31. The van der Waals surface area contributed by atoms with Crippen molar-refractivity contribution in [3.05, 3.63) is 48.9 Å². The second kappa shape index (κ2) is 6.50. The number of aromatic nitrogens is 4.